The van der Waals surface area contributed by atoms with Gasteiger partial charge in [0.25, 0.3) is 0 Å². The summed E-state index contributed by atoms with van der Waals surface area (Å²) in [5, 5.41) is 12.2. The summed E-state index contributed by atoms with van der Waals surface area (Å²) in [6.45, 7) is 4.05. The fourth-order valence-electron chi connectivity index (χ4n) is 31.2. The molecule has 8 aromatic carbocycles. The first-order valence-corrected chi connectivity index (χ1v) is 38.4. The van der Waals surface area contributed by atoms with Gasteiger partial charge in [-0.05, 0) is 0 Å². The third-order valence-corrected chi connectivity index (χ3v) is 100. The molecule has 0 amide bonds. The quantitative estimate of drug-likeness (QED) is 0.0487. The van der Waals surface area contributed by atoms with Crippen LogP contribution >= 0.6 is 31.7 Å². The van der Waals surface area contributed by atoms with Gasteiger partial charge in [0.15, 0.2) is 0 Å². The molecule has 18 rings (SSSR count). The number of rotatable bonds is 18. The van der Waals surface area contributed by atoms with Crippen molar-refractivity contribution in [2.24, 2.45) is 10.8 Å². The van der Waals surface area contributed by atoms with Crippen LogP contribution in [0.5, 0.6) is 0 Å². The van der Waals surface area contributed by atoms with Gasteiger partial charge in [0.1, 0.15) is 0 Å². The summed E-state index contributed by atoms with van der Waals surface area (Å²) in [7, 11) is -4.39. The summed E-state index contributed by atoms with van der Waals surface area (Å²) in [4.78, 5) is 31.0. The summed E-state index contributed by atoms with van der Waals surface area (Å²) < 4.78 is -0.534. The van der Waals surface area contributed by atoms with Gasteiger partial charge >= 0.3 is 441 Å². The first-order chi connectivity index (χ1) is 36.5. The van der Waals surface area contributed by atoms with Crippen molar-refractivity contribution in [3.05, 3.63) is 243 Å². The first kappa shape index (κ1) is 44.3. The Balaban J connectivity index is 1.18. The van der Waals surface area contributed by atoms with Crippen LogP contribution in [0.1, 0.15) is 40.5 Å². The summed E-state index contributed by atoms with van der Waals surface area (Å²) in [6.07, 6.45) is 3.85. The Labute approximate surface area is 437 Å². The number of hydrogen-bond acceptors (Lipinski definition) is 2. The average Bonchev–Trinajstić information content (AvgIpc) is 1.02. The third kappa shape index (κ3) is 1.75. The Morgan fingerprint density at radius 1 is 0.347 bits per heavy atom. The average molecular weight is 1090 g/mol. The molecule has 10 aliphatic rings. The summed E-state index contributed by atoms with van der Waals surface area (Å²) in [5.41, 5.74) is -0.644. The molecule has 8 unspecified atom stereocenters. The van der Waals surface area contributed by atoms with Gasteiger partial charge in [-0.3, -0.25) is 0 Å². The maximum absolute atomic E-state index is 14.5. The van der Waals surface area contributed by atoms with E-state index in [4.69, 9.17) is 0 Å². The molecular formula is C68H62FeO2P4. The van der Waals surface area contributed by atoms with Gasteiger partial charge in [0.05, 0.1) is 0 Å². The van der Waals surface area contributed by atoms with E-state index in [9.17, 15) is 9.59 Å². The Morgan fingerprint density at radius 3 is 0.773 bits per heavy atom. The van der Waals surface area contributed by atoms with E-state index >= 15 is 0 Å². The Kier molecular flexibility index (Phi) is 5.89. The Morgan fingerprint density at radius 2 is 0.560 bits per heavy atom. The molecule has 0 aliphatic carbocycles. The van der Waals surface area contributed by atoms with Gasteiger partial charge in [-0.15, -0.1) is 0 Å². The second kappa shape index (κ2) is 9.96. The number of fused-ring (bicyclic) bond motifs is 10. The van der Waals surface area contributed by atoms with Crippen molar-refractivity contribution < 1.29 is 16.1 Å². The van der Waals surface area contributed by atoms with E-state index in [-0.39, 0.29) is 35.7 Å². The number of aldehydes is 2. The molecule has 0 radical (unpaired) electrons. The molecule has 7 heteroatoms. The van der Waals surface area contributed by atoms with E-state index < -0.39 is 38.2 Å². The van der Waals surface area contributed by atoms with Crippen molar-refractivity contribution in [2.75, 3.05) is 0 Å². The van der Waals surface area contributed by atoms with E-state index in [1.807, 2.05) is 0 Å². The fraction of sp³-hybridized carbons (Fsp3) is 0.265. The van der Waals surface area contributed by atoms with E-state index in [1.54, 1.807) is 0 Å². The second-order valence-corrected chi connectivity index (χ2v) is 59.4. The predicted molar refractivity (Wildman–Crippen MR) is 317 cm³/mol. The first-order valence-electron chi connectivity index (χ1n) is 27.2. The van der Waals surface area contributed by atoms with Gasteiger partial charge in [0.2, 0.25) is 0 Å². The van der Waals surface area contributed by atoms with Crippen LogP contribution in [0, 0.1) is 10.8 Å². The number of carbonyl (C=O) groups excluding carboxylic acids is 2. The zero-order chi connectivity index (χ0) is 50.7. The van der Waals surface area contributed by atoms with Gasteiger partial charge in [-0.25, -0.2) is 0 Å². The number of carbonyl (C=O) groups is 2. The van der Waals surface area contributed by atoms with Gasteiger partial charge < -0.3 is 0 Å². The zero-order valence-electron chi connectivity index (χ0n) is 42.9. The SMILES string of the molecule is CC(C)(CC=O)[C]12[CH]3[CH]4[CH]5[CH]1[Fe]45321678[C]2(P(c3ccccc3)c3ccccc3)[C]1(P(c1ccccc1)c1ccccc1)[C]6(P(c1ccccc1)c1ccccc1)[C]7(C(C)(C)CC=O)[C]28P(c1ccccc1)c1ccccc1. The van der Waals surface area contributed by atoms with Crippen molar-refractivity contribution in [1.29, 1.82) is 0 Å². The molecule has 0 N–H and O–H groups in total. The van der Waals surface area contributed by atoms with Crippen LogP contribution in [-0.4, -0.2) is 28.8 Å². The van der Waals surface area contributed by atoms with Gasteiger partial charge in [-0.1, -0.05) is 0 Å². The van der Waals surface area contributed by atoms with Crippen molar-refractivity contribution in [3.8, 4) is 0 Å². The van der Waals surface area contributed by atoms with E-state index in [0.29, 0.717) is 32.1 Å². The minimum absolute atomic E-state index is 0.0135. The van der Waals surface area contributed by atoms with Crippen molar-refractivity contribution in [2.45, 2.75) is 84.6 Å². The van der Waals surface area contributed by atoms with Crippen molar-refractivity contribution in [3.63, 3.8) is 0 Å². The molecule has 8 aromatic rings. The monoisotopic (exact) mass is 1090 g/mol. The number of benzene rings is 8. The summed E-state index contributed by atoms with van der Waals surface area (Å²) in [5.74, 6) is 0. The van der Waals surface area contributed by atoms with Crippen molar-refractivity contribution >= 4 is 86.7 Å². The Hall–Kier alpha value is -4.66. The van der Waals surface area contributed by atoms with Crippen LogP contribution in [0.25, 0.3) is 0 Å². The van der Waals surface area contributed by atoms with Crippen LogP contribution < -0.4 is 42.4 Å². The Bertz CT molecular complexity index is 3830. The predicted octanol–water partition coefficient (Wildman–Crippen LogP) is 13.5. The van der Waals surface area contributed by atoms with Crippen LogP contribution in [-0.2, 0) is 16.1 Å². The van der Waals surface area contributed by atoms with Gasteiger partial charge in [-0.2, -0.15) is 0 Å². The molecule has 10 heterocycles. The summed E-state index contributed by atoms with van der Waals surface area (Å²) in [6, 6.07) is 96.8. The van der Waals surface area contributed by atoms with Crippen LogP contribution in [0.15, 0.2) is 243 Å². The topological polar surface area (TPSA) is 34.1 Å². The standard InChI is InChI=1S/C58H49OP4.C10H13O.Fe/c1-58(2,43-44-59)53-54(60(45-27-11-3-12-28-45)46-29-13-4-14-30-46)56(62(49-35-19-7-20-36-49)50-37-21-8-22-38-50)57(63(51-39-23-9-24-40-51)52-41-25-10-26-42-52)55(53)61(47-31-15-5-16-32-47)48-33-17-6-18-34-48;1-10(2,7-8-11)9-5-3-4-6-9;/h3-42,44H,43H2,1-2H3;3-6,8H,7H2,1-2H3;. The molecule has 0 bridgehead atoms. The second-order valence-electron chi connectivity index (χ2n) is 26.5. The third-order valence-electron chi connectivity index (χ3n) is 27.7. The van der Waals surface area contributed by atoms with E-state index in [2.05, 4.69) is 270 Å². The molecule has 10 saturated heterocycles. The zero-order valence-corrected chi connectivity index (χ0v) is 47.6. The minimum atomic E-state index is -6.60. The molecule has 1 spiro atoms. The molecule has 0 aromatic heterocycles. The van der Waals surface area contributed by atoms with Crippen molar-refractivity contribution in [1.82, 2.24) is 0 Å². The van der Waals surface area contributed by atoms with Crippen LogP contribution in [0.3, 0.4) is 0 Å². The normalized spacial score (nSPS) is 41.4. The molecule has 10 aliphatic heterocycles. The van der Waals surface area contributed by atoms with Gasteiger partial charge in [0, 0.05) is 0 Å². The fourth-order valence-corrected chi connectivity index (χ4v) is 179. The van der Waals surface area contributed by atoms with E-state index in [0.717, 1.165) is 0 Å². The molecule has 2 nitrogen and oxygen atoms in total. The molecule has 75 heavy (non-hydrogen) atoms. The number of hydrogen-bond donors (Lipinski definition) is 0. The van der Waals surface area contributed by atoms with Crippen LogP contribution in [0.4, 0.5) is 0 Å². The maximum atomic E-state index is 14.5. The molecule has 10 fully saturated rings. The van der Waals surface area contributed by atoms with E-state index in [1.165, 1.54) is 55.0 Å². The molecule has 0 saturated carbocycles. The molecular weight excluding hydrogens is 1030 g/mol. The molecule has 374 valence electrons. The van der Waals surface area contributed by atoms with Crippen LogP contribution in [0.2, 0.25) is 27.9 Å². The summed E-state index contributed by atoms with van der Waals surface area (Å²) >= 11 is 0. The molecule has 8 atom stereocenters.